The van der Waals surface area contributed by atoms with Gasteiger partial charge in [-0.3, -0.25) is 51.0 Å². The van der Waals surface area contributed by atoms with E-state index in [0.29, 0.717) is 22.7 Å². The number of hydrogen-bond donors (Lipinski definition) is 15. The molecule has 4 aliphatic heterocycles. The molecule has 2 aromatic carbocycles. The first-order valence-corrected chi connectivity index (χ1v) is 49.1. The van der Waals surface area contributed by atoms with Crippen molar-refractivity contribution in [3.63, 3.8) is 0 Å². The third-order valence-corrected chi connectivity index (χ3v) is 29.8. The lowest BCUT2D eigenvalue weighted by molar-refractivity contribution is -0.437. The number of imidazole rings is 1. The van der Waals surface area contributed by atoms with Crippen LogP contribution in [0.4, 0.5) is 17.2 Å². The van der Waals surface area contributed by atoms with E-state index in [0.717, 1.165) is 12.4 Å². The van der Waals surface area contributed by atoms with Gasteiger partial charge in [-0.25, -0.2) is 42.3 Å². The first-order valence-electron chi connectivity index (χ1n) is 33.7. The van der Waals surface area contributed by atoms with Gasteiger partial charge in [-0.05, 0) is 63.8 Å². The van der Waals surface area contributed by atoms with Crippen molar-refractivity contribution in [2.75, 3.05) is 86.1 Å². The monoisotopic (exact) mass is 1830 g/mol. The first-order chi connectivity index (χ1) is 52.9. The van der Waals surface area contributed by atoms with Gasteiger partial charge in [0.15, 0.2) is 17.2 Å². The summed E-state index contributed by atoms with van der Waals surface area (Å²) in [6.07, 6.45) is 3.86. The summed E-state index contributed by atoms with van der Waals surface area (Å²) >= 11 is 0. The maximum absolute atomic E-state index is 14.2. The number of fused-ring (bicyclic) bond motifs is 3. The second-order valence-electron chi connectivity index (χ2n) is 26.8. The number of aromatic nitrogens is 4. The van der Waals surface area contributed by atoms with Gasteiger partial charge < -0.3 is 70.7 Å². The SMILES string of the molecule is CC1(C)C(/C=C/C=C/C=C2/N(CCCS(=O)(=O)O)c3cccc(C(=O)NCCCC(=O)N4CCC(OP(=O)(O)OP(=O)(O)OP(=O)(O)OP(=O)(O)OP(=O)(O)OP(=O)(O)OC[C@H]5O[C@@H](n6cnc7c(N)ncnc76)C[C@H]5O)CC4)c3C2(C)C)=[N+](CCCS(=O)(=O)O)c2cc(C(=O)NCCS(=O)(=O)O)cc(C(=O)NCCS(=O)(=O)O)c21. The van der Waals surface area contributed by atoms with Crippen LogP contribution in [-0.4, -0.2) is 238 Å². The van der Waals surface area contributed by atoms with Crippen molar-refractivity contribution < 1.29 is 173 Å². The van der Waals surface area contributed by atoms with Gasteiger partial charge in [0.2, 0.25) is 11.6 Å². The number of nitrogens with zero attached hydrogens (tertiary/aromatic N) is 7. The number of likely N-dealkylation sites (tertiary alicyclic amines) is 1. The molecule has 0 saturated carbocycles. The molecule has 58 heteroatoms. The Labute approximate surface area is 655 Å². The molecule has 4 aliphatic rings. The number of ether oxygens (including phenoxy) is 1. The van der Waals surface area contributed by atoms with Gasteiger partial charge in [-0.1, -0.05) is 38.1 Å². The Bertz CT molecular complexity index is 5350. The molecule has 4 aromatic rings. The highest BCUT2D eigenvalue weighted by atomic mass is 32.2. The normalized spacial score (nSPS) is 21.6. The van der Waals surface area contributed by atoms with Crippen LogP contribution in [0.15, 0.2) is 79.1 Å². The number of phosphoric acid groups is 6. The van der Waals surface area contributed by atoms with Crippen molar-refractivity contribution in [3.05, 3.63) is 107 Å². The predicted molar refractivity (Wildman–Crippen MR) is 399 cm³/mol. The molecule has 0 aliphatic carbocycles. The number of carbonyl (C=O) groups is 4. The number of anilines is 2. The molecule has 0 radical (unpaired) electrons. The van der Waals surface area contributed by atoms with Crippen molar-refractivity contribution in [1.29, 1.82) is 0 Å². The second-order valence-corrected chi connectivity index (χ2v) is 42.4. The number of aliphatic hydroxyl groups excluding tert-OH is 1. The minimum atomic E-state index is -6.62. The summed E-state index contributed by atoms with van der Waals surface area (Å²) in [7, 11) is -56.0. The average Bonchev–Trinajstić information content (AvgIpc) is 1.58. The first kappa shape index (κ1) is 94.3. The summed E-state index contributed by atoms with van der Waals surface area (Å²) in [5.41, 5.74) is 5.79. The van der Waals surface area contributed by atoms with E-state index in [4.69, 9.17) is 15.0 Å². The van der Waals surface area contributed by atoms with Crippen LogP contribution in [0.2, 0.25) is 0 Å². The van der Waals surface area contributed by atoms with Crippen LogP contribution in [0.3, 0.4) is 0 Å². The number of nitrogens with one attached hydrogen (secondary N) is 3. The van der Waals surface area contributed by atoms with Crippen LogP contribution in [0.5, 0.6) is 0 Å². The van der Waals surface area contributed by atoms with E-state index in [2.05, 4.69) is 57.0 Å². The fraction of sp³-hybridized carbons (Fsp3) is 0.509. The van der Waals surface area contributed by atoms with Crippen molar-refractivity contribution in [2.45, 2.75) is 108 Å². The predicted octanol–water partition coefficient (Wildman–Crippen LogP) is 2.94. The Balaban J connectivity index is 0.855. The molecule has 0 bridgehead atoms. The number of amides is 4. The van der Waals surface area contributed by atoms with Crippen LogP contribution in [-0.2, 0) is 119 Å². The Morgan fingerprint density at radius 2 is 1.20 bits per heavy atom. The van der Waals surface area contributed by atoms with E-state index in [9.17, 15) is 133 Å². The number of aliphatic hydroxyl groups is 1. The van der Waals surface area contributed by atoms with Gasteiger partial charge in [0.1, 0.15) is 30.7 Å². The standard InChI is InChI=1S/C57H81N11O37P6S4/c1-56(2)44(14-6-5-7-15-45-57(3,4)49-39(55(73)61-21-29-115(95,96)97)30-36(53(71)60-20-28-114(92,93)94)31-41(49)67(45)23-11-27-113(89,90)91)66(22-10-26-112(86,87)88)40-13-8-12-38(48(40)56)54(72)59-19-9-16-46(70)65-24-17-37(18-25-65)100-107(76,77)102-109(80,81)104-111(84,85)105-110(82,83)103-108(78,79)101-106(74,75)98-33-43-42(69)32-47(99-43)68-35-64-50-51(58)62-34-63-52(50)68/h5-8,12-15,30-31,34-35,37,42-43,47,69H,9-11,16-29,32-33H2,1-4H3,(H14-,58,59,60,61,62,63,71,72,73,74,75,76,77,78,79,80,81,82,83,84,85,86,87,88,89,90,91,92,93,94,95,96,97)/p+1/t42-,43-,47-/m1/s1. The Morgan fingerprint density at radius 1 is 0.652 bits per heavy atom. The highest BCUT2D eigenvalue weighted by Gasteiger charge is 2.52. The quantitative estimate of drug-likeness (QED) is 0.0100. The molecule has 48 nitrogen and oxygen atoms in total. The van der Waals surface area contributed by atoms with Gasteiger partial charge in [-0.15, -0.1) is 0 Å². The zero-order valence-corrected chi connectivity index (χ0v) is 69.4. The fourth-order valence-electron chi connectivity index (χ4n) is 12.8. The molecule has 115 heavy (non-hydrogen) atoms. The van der Waals surface area contributed by atoms with Crippen molar-refractivity contribution in [3.8, 4) is 0 Å². The number of rotatable bonds is 40. The smallest absolute Gasteiger partial charge is 0.390 e. The van der Waals surface area contributed by atoms with Crippen molar-refractivity contribution in [2.24, 2.45) is 0 Å². The summed E-state index contributed by atoms with van der Waals surface area (Å²) in [5, 5.41) is 18.0. The number of nitrogen functional groups attached to an aromatic ring is 1. The van der Waals surface area contributed by atoms with Gasteiger partial charge in [0, 0.05) is 104 Å². The molecule has 16 N–H and O–H groups in total. The number of allylic oxidation sites excluding steroid dienone is 6. The van der Waals surface area contributed by atoms with E-state index in [1.165, 1.54) is 27.9 Å². The third kappa shape index (κ3) is 26.6. The van der Waals surface area contributed by atoms with Crippen LogP contribution < -0.4 is 26.6 Å². The van der Waals surface area contributed by atoms with Gasteiger partial charge in [-0.2, -0.15) is 59.8 Å². The van der Waals surface area contributed by atoms with Gasteiger partial charge >= 0.3 is 46.9 Å². The summed E-state index contributed by atoms with van der Waals surface area (Å²) in [6, 6.07) is 7.25. The van der Waals surface area contributed by atoms with Crippen LogP contribution in [0.25, 0.3) is 11.2 Å². The van der Waals surface area contributed by atoms with Gasteiger partial charge in [0.05, 0.1) is 64.7 Å². The lowest BCUT2D eigenvalue weighted by atomic mass is 9.78. The minimum Gasteiger partial charge on any atom is -0.390 e. The van der Waals surface area contributed by atoms with E-state index in [1.807, 2.05) is 0 Å². The molecule has 2 aromatic heterocycles. The molecule has 4 amide bonds. The van der Waals surface area contributed by atoms with Crippen LogP contribution in [0.1, 0.15) is 121 Å². The topological polar surface area (TPSA) is 719 Å². The van der Waals surface area contributed by atoms with Crippen molar-refractivity contribution in [1.82, 2.24) is 40.4 Å². The third-order valence-electron chi connectivity index (χ3n) is 17.5. The Morgan fingerprint density at radius 3 is 1.79 bits per heavy atom. The van der Waals surface area contributed by atoms with E-state index >= 15 is 0 Å². The number of carbonyl (C=O) groups excluding carboxylic acids is 4. The summed E-state index contributed by atoms with van der Waals surface area (Å²) in [5.74, 6) is -6.11. The van der Waals surface area contributed by atoms with Crippen LogP contribution in [0, 0.1) is 0 Å². The number of hydrogen-bond acceptors (Lipinski definition) is 32. The lowest BCUT2D eigenvalue weighted by Crippen LogP contribution is -2.40. The molecule has 8 rings (SSSR count). The summed E-state index contributed by atoms with van der Waals surface area (Å²) in [4.78, 5) is 130. The summed E-state index contributed by atoms with van der Waals surface area (Å²) < 4.78 is 245. The molecule has 6 heterocycles. The summed E-state index contributed by atoms with van der Waals surface area (Å²) in [6.45, 7) is 4.04. The lowest BCUT2D eigenvalue weighted by Gasteiger charge is -2.32. The fourth-order valence-corrected chi connectivity index (χ4v) is 22.5. The minimum absolute atomic E-state index is 0.00211. The highest BCUT2D eigenvalue weighted by Crippen LogP contribution is 2.75. The molecule has 2 saturated heterocycles. The number of nitrogens with two attached hydrogens (primary N) is 1. The molecular weight excluding hydrogens is 1740 g/mol. The van der Waals surface area contributed by atoms with Crippen LogP contribution >= 0.6 is 46.9 Å². The van der Waals surface area contributed by atoms with Crippen molar-refractivity contribution >= 4 is 145 Å². The molecular formula is C57H82N11O37P6S4+. The molecule has 6 unspecified atom stereocenters. The number of benzene rings is 2. The Kier molecular flexibility index (Phi) is 30.2. The molecule has 0 spiro atoms. The number of phosphoric ester groups is 2. The average molecular weight is 1830 g/mol. The van der Waals surface area contributed by atoms with E-state index in [-0.39, 0.29) is 123 Å². The van der Waals surface area contributed by atoms with E-state index in [1.54, 1.807) is 79.7 Å². The maximum Gasteiger partial charge on any atom is 0.490 e. The molecule has 9 atom stereocenters. The Hall–Kier alpha value is -6.22. The zero-order chi connectivity index (χ0) is 85.7. The molecule has 2 fully saturated rings. The number of piperidine rings is 1. The van der Waals surface area contributed by atoms with E-state index < -0.39 is 189 Å². The highest BCUT2D eigenvalue weighted by molar-refractivity contribution is 7.86. The molecule has 640 valence electrons. The maximum atomic E-state index is 14.2. The van der Waals surface area contributed by atoms with Gasteiger partial charge in [0.25, 0.3) is 58.2 Å². The zero-order valence-electron chi connectivity index (χ0n) is 60.7. The largest absolute Gasteiger partial charge is 0.490 e. The second kappa shape index (κ2) is 36.8.